The van der Waals surface area contributed by atoms with E-state index >= 15 is 0 Å². The van der Waals surface area contributed by atoms with Gasteiger partial charge in [-0.2, -0.15) is 9.78 Å². The summed E-state index contributed by atoms with van der Waals surface area (Å²) in [4.78, 5) is 28.7. The van der Waals surface area contributed by atoms with Gasteiger partial charge in [0.1, 0.15) is 0 Å². The average Bonchev–Trinajstić information content (AvgIpc) is 3.14. The number of nitrogens with zero attached hydrogens (tertiary/aromatic N) is 3. The van der Waals surface area contributed by atoms with Crippen molar-refractivity contribution in [2.75, 3.05) is 18.1 Å². The Labute approximate surface area is 229 Å². The van der Waals surface area contributed by atoms with Crippen LogP contribution in [-0.2, 0) is 10.4 Å². The quantitative estimate of drug-likeness (QED) is 0.354. The van der Waals surface area contributed by atoms with Crippen LogP contribution >= 0.6 is 0 Å². The number of carbonyl (C=O) groups is 1. The molecule has 1 aliphatic heterocycles. The third-order valence-corrected chi connectivity index (χ3v) is 7.29. The van der Waals surface area contributed by atoms with Crippen LogP contribution in [0.25, 0.3) is 16.5 Å². The highest BCUT2D eigenvalue weighted by atomic mass is 16.3. The summed E-state index contributed by atoms with van der Waals surface area (Å²) < 4.78 is 1.30. The molecular weight excluding hydrogens is 490 g/mol. The lowest BCUT2D eigenvalue weighted by atomic mass is 9.82. The maximum Gasteiger partial charge on any atom is 0.279 e. The number of amides is 1. The first-order valence-electron chi connectivity index (χ1n) is 13.4. The first kappa shape index (κ1) is 28.2. The molecule has 7 heteroatoms. The zero-order valence-electron chi connectivity index (χ0n) is 23.1. The van der Waals surface area contributed by atoms with E-state index in [1.165, 1.54) is 10.3 Å². The Morgan fingerprint density at radius 2 is 1.85 bits per heavy atom. The van der Waals surface area contributed by atoms with Gasteiger partial charge in [-0.15, -0.1) is 0 Å². The Balaban J connectivity index is 1.76. The predicted octanol–water partition coefficient (Wildman–Crippen LogP) is 5.19. The maximum atomic E-state index is 13.8. The predicted molar refractivity (Wildman–Crippen MR) is 156 cm³/mol. The number of anilines is 1. The van der Waals surface area contributed by atoms with E-state index < -0.39 is 17.4 Å². The van der Waals surface area contributed by atoms with Gasteiger partial charge < -0.3 is 15.1 Å². The Morgan fingerprint density at radius 3 is 2.59 bits per heavy atom. The van der Waals surface area contributed by atoms with E-state index in [4.69, 9.17) is 0 Å². The van der Waals surface area contributed by atoms with Crippen molar-refractivity contribution in [3.05, 3.63) is 100 Å². The van der Waals surface area contributed by atoms with Crippen LogP contribution in [0.3, 0.4) is 0 Å². The lowest BCUT2D eigenvalue weighted by molar-refractivity contribution is -0.139. The molecule has 2 N–H and O–H groups in total. The third kappa shape index (κ3) is 5.65. The Hall–Kier alpha value is -3.81. The van der Waals surface area contributed by atoms with Crippen LogP contribution in [0.5, 0.6) is 0 Å². The topological polar surface area (TPSA) is 95.7 Å². The molecule has 0 spiro atoms. The van der Waals surface area contributed by atoms with Crippen molar-refractivity contribution >= 4 is 22.4 Å². The minimum absolute atomic E-state index is 0.0180. The summed E-state index contributed by atoms with van der Waals surface area (Å²) in [5.41, 5.74) is 1.84. The molecule has 0 bridgehead atoms. The van der Waals surface area contributed by atoms with Crippen LogP contribution in [0.1, 0.15) is 52.5 Å². The number of hydrogen-bond donors (Lipinski definition) is 2. The number of rotatable bonds is 10. The zero-order valence-corrected chi connectivity index (χ0v) is 23.1. The van der Waals surface area contributed by atoms with E-state index in [9.17, 15) is 19.8 Å². The van der Waals surface area contributed by atoms with Gasteiger partial charge in [-0.25, -0.2) is 0 Å². The fourth-order valence-corrected chi connectivity index (χ4v) is 4.97. The number of aliphatic hydroxyl groups excluding tert-OH is 1. The van der Waals surface area contributed by atoms with Crippen molar-refractivity contribution in [1.29, 1.82) is 0 Å². The minimum atomic E-state index is -1.83. The van der Waals surface area contributed by atoms with Crippen molar-refractivity contribution in [2.45, 2.75) is 52.6 Å². The summed E-state index contributed by atoms with van der Waals surface area (Å²) in [6.07, 6.45) is 11.6. The molecule has 1 aliphatic rings. The van der Waals surface area contributed by atoms with Crippen molar-refractivity contribution in [3.8, 4) is 5.69 Å². The lowest BCUT2D eigenvalue weighted by Crippen LogP contribution is -2.44. The Morgan fingerprint density at radius 1 is 1.08 bits per heavy atom. The second-order valence-electron chi connectivity index (χ2n) is 10.4. The number of aromatic nitrogens is 2. The fraction of sp³-hybridized carbons (Fsp3) is 0.344. The highest BCUT2D eigenvalue weighted by molar-refractivity contribution is 6.07. The highest BCUT2D eigenvalue weighted by Crippen LogP contribution is 2.46. The van der Waals surface area contributed by atoms with Gasteiger partial charge in [-0.1, -0.05) is 60.6 Å². The molecule has 39 heavy (non-hydrogen) atoms. The molecule has 7 nitrogen and oxygen atoms in total. The van der Waals surface area contributed by atoms with Gasteiger partial charge in [0.2, 0.25) is 0 Å². The second kappa shape index (κ2) is 11.9. The second-order valence-corrected chi connectivity index (χ2v) is 10.4. The normalized spacial score (nSPS) is 18.2. The molecule has 1 aromatic heterocycles. The molecule has 0 aliphatic carbocycles. The summed E-state index contributed by atoms with van der Waals surface area (Å²) in [5.74, 6) is -0.984. The zero-order chi connectivity index (χ0) is 28.2. The van der Waals surface area contributed by atoms with E-state index in [0.29, 0.717) is 35.3 Å². The molecule has 4 rings (SSSR count). The van der Waals surface area contributed by atoms with Crippen LogP contribution in [0, 0.1) is 5.92 Å². The molecule has 0 radical (unpaired) electrons. The number of fused-ring (bicyclic) bond motifs is 2. The number of allylic oxidation sites excluding steroid dienone is 3. The molecule has 3 aromatic rings. The van der Waals surface area contributed by atoms with Gasteiger partial charge in [-0.3, -0.25) is 9.59 Å². The molecule has 0 saturated heterocycles. The van der Waals surface area contributed by atoms with Crippen molar-refractivity contribution in [2.24, 2.45) is 5.92 Å². The third-order valence-electron chi connectivity index (χ3n) is 7.29. The largest absolute Gasteiger partial charge is 0.396 e. The molecule has 204 valence electrons. The molecule has 2 heterocycles. The lowest BCUT2D eigenvalue weighted by Gasteiger charge is -2.27. The van der Waals surface area contributed by atoms with E-state index in [1.54, 1.807) is 54.4 Å². The maximum absolute atomic E-state index is 13.8. The van der Waals surface area contributed by atoms with Gasteiger partial charge in [0.15, 0.2) is 5.60 Å². The van der Waals surface area contributed by atoms with Crippen LogP contribution in [0.4, 0.5) is 5.69 Å². The molecule has 0 fully saturated rings. The van der Waals surface area contributed by atoms with E-state index in [0.717, 1.165) is 23.8 Å². The van der Waals surface area contributed by atoms with Crippen molar-refractivity contribution in [3.63, 3.8) is 0 Å². The molecular formula is C32H37N3O4. The summed E-state index contributed by atoms with van der Waals surface area (Å²) >= 11 is 0. The molecule has 2 aromatic carbocycles. The Bertz CT molecular complexity index is 1510. The van der Waals surface area contributed by atoms with Crippen LogP contribution in [-0.4, -0.2) is 39.1 Å². The van der Waals surface area contributed by atoms with Gasteiger partial charge in [0.25, 0.3) is 11.5 Å². The SMILES string of the molecule is CC(C)=CCC/C(C)=C/CN1C(=O)[C@@](O)([C@@H](C)/C=C/CCO)c2cc(-n3ncc4ccccc4c3=O)ccc21. The standard InChI is InChI=1S/C32H37N3O4/c1-22(2)10-9-11-23(3)17-18-34-29-16-15-26(35-30(37)27-14-6-5-13-25(27)21-33-35)20-28(29)32(39,31(34)38)24(4)12-7-8-19-36/h5-7,10,12-17,20-21,24,36,39H,8-9,11,18-19H2,1-4H3/b12-7+,23-17+/t24-,32+/m0/s1. The summed E-state index contributed by atoms with van der Waals surface area (Å²) in [7, 11) is 0. The first-order valence-corrected chi connectivity index (χ1v) is 13.4. The summed E-state index contributed by atoms with van der Waals surface area (Å²) in [6, 6.07) is 12.5. The van der Waals surface area contributed by atoms with Gasteiger partial charge in [-0.05, 0) is 64.3 Å². The highest BCUT2D eigenvalue weighted by Gasteiger charge is 2.52. The average molecular weight is 528 g/mol. The minimum Gasteiger partial charge on any atom is -0.396 e. The van der Waals surface area contributed by atoms with Crippen LogP contribution in [0.2, 0.25) is 0 Å². The number of aliphatic hydroxyl groups is 2. The van der Waals surface area contributed by atoms with E-state index in [2.05, 4.69) is 25.0 Å². The van der Waals surface area contributed by atoms with Gasteiger partial charge in [0, 0.05) is 30.0 Å². The van der Waals surface area contributed by atoms with Gasteiger partial charge in [0.05, 0.1) is 23.0 Å². The summed E-state index contributed by atoms with van der Waals surface area (Å²) in [5, 5.41) is 26.8. The van der Waals surface area contributed by atoms with Crippen LogP contribution in [0.15, 0.2) is 88.9 Å². The summed E-state index contributed by atoms with van der Waals surface area (Å²) in [6.45, 7) is 8.29. The molecule has 0 unspecified atom stereocenters. The fourth-order valence-electron chi connectivity index (χ4n) is 4.97. The number of benzene rings is 2. The van der Waals surface area contributed by atoms with Crippen molar-refractivity contribution < 1.29 is 15.0 Å². The molecule has 2 atom stereocenters. The first-order chi connectivity index (χ1) is 18.7. The number of hydrogen-bond acceptors (Lipinski definition) is 5. The monoisotopic (exact) mass is 527 g/mol. The van der Waals surface area contributed by atoms with E-state index in [1.807, 2.05) is 31.2 Å². The number of carbonyl (C=O) groups excluding carboxylic acids is 1. The molecule has 0 saturated carbocycles. The van der Waals surface area contributed by atoms with Gasteiger partial charge >= 0.3 is 0 Å². The van der Waals surface area contributed by atoms with Crippen molar-refractivity contribution in [1.82, 2.24) is 9.78 Å². The van der Waals surface area contributed by atoms with Crippen LogP contribution < -0.4 is 10.5 Å². The molecule has 1 amide bonds. The Kier molecular flexibility index (Phi) is 8.63. The smallest absolute Gasteiger partial charge is 0.279 e. The van der Waals surface area contributed by atoms with E-state index in [-0.39, 0.29) is 12.2 Å².